The van der Waals surface area contributed by atoms with E-state index in [0.717, 1.165) is 16.2 Å². The van der Waals surface area contributed by atoms with E-state index in [0.29, 0.717) is 36.9 Å². The third-order valence-electron chi connectivity index (χ3n) is 4.27. The van der Waals surface area contributed by atoms with Crippen LogP contribution in [0.2, 0.25) is 0 Å². The van der Waals surface area contributed by atoms with Crippen LogP contribution in [-0.4, -0.2) is 37.1 Å². The van der Waals surface area contributed by atoms with Crippen molar-refractivity contribution < 1.29 is 18.3 Å². The number of amides is 1. The summed E-state index contributed by atoms with van der Waals surface area (Å²) in [5.41, 5.74) is 0.858. The maximum atomic E-state index is 13.9. The molecule has 4 rings (SSSR count). The highest BCUT2D eigenvalue weighted by Gasteiger charge is 2.21. The normalized spacial score (nSPS) is 14.6. The van der Waals surface area contributed by atoms with Crippen LogP contribution in [0.25, 0.3) is 10.1 Å². The number of anilines is 2. The number of rotatable bonds is 3. The summed E-state index contributed by atoms with van der Waals surface area (Å²) < 4.78 is 33.2. The number of carbonyl (C=O) groups is 1. The molecule has 0 saturated carbocycles. The molecular weight excluding hydrogens is 358 g/mol. The molecular formula is C19H16F2N2O2S. The Kier molecular flexibility index (Phi) is 4.57. The minimum absolute atomic E-state index is 0.0200. The largest absolute Gasteiger partial charge is 0.378 e. The van der Waals surface area contributed by atoms with Gasteiger partial charge in [-0.25, -0.2) is 8.78 Å². The molecule has 1 fully saturated rings. The summed E-state index contributed by atoms with van der Waals surface area (Å²) in [5.74, 6) is -1.31. The zero-order valence-corrected chi connectivity index (χ0v) is 14.6. The van der Waals surface area contributed by atoms with Crippen LogP contribution in [0.1, 0.15) is 9.67 Å². The quantitative estimate of drug-likeness (QED) is 0.739. The number of nitrogens with one attached hydrogen (secondary N) is 1. The van der Waals surface area contributed by atoms with Gasteiger partial charge in [-0.3, -0.25) is 4.79 Å². The third kappa shape index (κ3) is 3.27. The maximum Gasteiger partial charge on any atom is 0.264 e. The Bertz CT molecular complexity index is 967. The second-order valence-corrected chi connectivity index (χ2v) is 7.07. The fourth-order valence-electron chi connectivity index (χ4n) is 2.93. The first-order valence-corrected chi connectivity index (χ1v) is 9.05. The lowest BCUT2D eigenvalue weighted by Crippen LogP contribution is -2.40. The van der Waals surface area contributed by atoms with Gasteiger partial charge in [-0.05, 0) is 30.3 Å². The Morgan fingerprint density at radius 1 is 1.08 bits per heavy atom. The van der Waals surface area contributed by atoms with E-state index in [9.17, 15) is 13.6 Å². The summed E-state index contributed by atoms with van der Waals surface area (Å²) in [6.07, 6.45) is 0. The number of carbonyl (C=O) groups excluding carboxylic acids is 1. The van der Waals surface area contributed by atoms with Gasteiger partial charge in [-0.2, -0.15) is 0 Å². The topological polar surface area (TPSA) is 41.6 Å². The molecule has 0 spiro atoms. The van der Waals surface area contributed by atoms with E-state index in [1.165, 1.54) is 23.5 Å². The van der Waals surface area contributed by atoms with Crippen LogP contribution < -0.4 is 5.32 Å². The maximum absolute atomic E-state index is 13.9. The average Bonchev–Trinajstić information content (AvgIpc) is 3.09. The highest BCUT2D eigenvalue weighted by Crippen LogP contribution is 2.34. The fraction of sp³-hybridized carbons (Fsp3) is 0.211. The molecule has 0 atom stereocenters. The van der Waals surface area contributed by atoms with E-state index in [1.54, 1.807) is 11.0 Å². The molecule has 3 aromatic rings. The highest BCUT2D eigenvalue weighted by molar-refractivity contribution is 7.20. The Morgan fingerprint density at radius 2 is 1.88 bits per heavy atom. The Hall–Kier alpha value is -2.51. The second-order valence-electron chi connectivity index (χ2n) is 5.98. The van der Waals surface area contributed by atoms with Crippen molar-refractivity contribution in [2.45, 2.75) is 0 Å². The predicted molar refractivity (Wildman–Crippen MR) is 98.2 cm³/mol. The van der Waals surface area contributed by atoms with Crippen LogP contribution in [0.5, 0.6) is 0 Å². The molecule has 0 bridgehead atoms. The lowest BCUT2D eigenvalue weighted by Gasteiger charge is -2.26. The van der Waals surface area contributed by atoms with Crippen molar-refractivity contribution in [1.29, 1.82) is 0 Å². The Balaban J connectivity index is 1.66. The van der Waals surface area contributed by atoms with Crippen molar-refractivity contribution in [1.82, 2.24) is 4.90 Å². The number of hydrogen-bond donors (Lipinski definition) is 1. The van der Waals surface area contributed by atoms with Crippen LogP contribution >= 0.6 is 11.3 Å². The summed E-state index contributed by atoms with van der Waals surface area (Å²) in [7, 11) is 0. The number of nitrogens with zero attached hydrogens (tertiary/aromatic N) is 1. The first-order chi connectivity index (χ1) is 12.6. The van der Waals surface area contributed by atoms with E-state index < -0.39 is 11.6 Å². The van der Waals surface area contributed by atoms with Crippen molar-refractivity contribution in [2.75, 3.05) is 31.6 Å². The van der Waals surface area contributed by atoms with Gasteiger partial charge < -0.3 is 15.0 Å². The molecule has 1 saturated heterocycles. The zero-order valence-electron chi connectivity index (χ0n) is 13.8. The van der Waals surface area contributed by atoms with Crippen LogP contribution in [0.4, 0.5) is 20.2 Å². The number of morpholine rings is 1. The Morgan fingerprint density at radius 3 is 2.65 bits per heavy atom. The molecule has 7 heteroatoms. The first-order valence-electron chi connectivity index (χ1n) is 8.23. The number of halogens is 2. The van der Waals surface area contributed by atoms with E-state index >= 15 is 0 Å². The van der Waals surface area contributed by atoms with Crippen LogP contribution in [-0.2, 0) is 4.74 Å². The van der Waals surface area contributed by atoms with E-state index in [2.05, 4.69) is 5.32 Å². The zero-order chi connectivity index (χ0) is 18.1. The molecule has 4 nitrogen and oxygen atoms in total. The second kappa shape index (κ2) is 7.01. The standard InChI is InChI=1S/C19H16F2N2O2S/c20-12-4-5-16(14(21)10-12)22-15-2-1-3-17-13(15)11-18(26-17)19(24)23-6-8-25-9-7-23/h1-5,10-11,22H,6-9H2. The van der Waals surface area contributed by atoms with Crippen LogP contribution in [0.3, 0.4) is 0 Å². The molecule has 0 aliphatic carbocycles. The van der Waals surface area contributed by atoms with Gasteiger partial charge in [-0.1, -0.05) is 6.07 Å². The molecule has 1 aromatic heterocycles. The van der Waals surface area contributed by atoms with Crippen molar-refractivity contribution in [3.05, 3.63) is 59.0 Å². The van der Waals surface area contributed by atoms with Gasteiger partial charge in [0, 0.05) is 34.9 Å². The molecule has 0 radical (unpaired) electrons. The van der Waals surface area contributed by atoms with Crippen molar-refractivity contribution in [3.63, 3.8) is 0 Å². The van der Waals surface area contributed by atoms with Crippen LogP contribution in [0, 0.1) is 11.6 Å². The number of fused-ring (bicyclic) bond motifs is 1. The van der Waals surface area contributed by atoms with Gasteiger partial charge in [0.25, 0.3) is 5.91 Å². The minimum Gasteiger partial charge on any atom is -0.378 e. The molecule has 1 aliphatic heterocycles. The molecule has 1 aliphatic rings. The first kappa shape index (κ1) is 16.9. The smallest absolute Gasteiger partial charge is 0.264 e. The lowest BCUT2D eigenvalue weighted by molar-refractivity contribution is 0.0306. The summed E-state index contributed by atoms with van der Waals surface area (Å²) in [6.45, 7) is 2.26. The number of ether oxygens (including phenoxy) is 1. The lowest BCUT2D eigenvalue weighted by atomic mass is 10.2. The monoisotopic (exact) mass is 374 g/mol. The highest BCUT2D eigenvalue weighted by atomic mass is 32.1. The molecule has 26 heavy (non-hydrogen) atoms. The summed E-state index contributed by atoms with van der Waals surface area (Å²) >= 11 is 1.40. The summed E-state index contributed by atoms with van der Waals surface area (Å²) in [5, 5.41) is 3.83. The van der Waals surface area contributed by atoms with Gasteiger partial charge >= 0.3 is 0 Å². The van der Waals surface area contributed by atoms with Crippen molar-refractivity contribution in [2.24, 2.45) is 0 Å². The molecule has 2 heterocycles. The minimum atomic E-state index is -0.665. The van der Waals surface area contributed by atoms with Gasteiger partial charge in [0.15, 0.2) is 0 Å². The molecule has 0 unspecified atom stereocenters. The molecule has 134 valence electrons. The van der Waals surface area contributed by atoms with E-state index in [-0.39, 0.29) is 11.6 Å². The number of benzene rings is 2. The number of thiophene rings is 1. The molecule has 2 aromatic carbocycles. The third-order valence-corrected chi connectivity index (χ3v) is 5.36. The number of hydrogen-bond acceptors (Lipinski definition) is 4. The van der Waals surface area contributed by atoms with Gasteiger partial charge in [0.2, 0.25) is 0 Å². The fourth-order valence-corrected chi connectivity index (χ4v) is 3.99. The summed E-state index contributed by atoms with van der Waals surface area (Å²) in [6, 6.07) is 10.8. The SMILES string of the molecule is O=C(c1cc2c(Nc3ccc(F)cc3F)cccc2s1)N1CCOCC1. The van der Waals surface area contributed by atoms with Crippen molar-refractivity contribution in [3.8, 4) is 0 Å². The van der Waals surface area contributed by atoms with Gasteiger partial charge in [0.05, 0.1) is 23.8 Å². The van der Waals surface area contributed by atoms with Crippen LogP contribution in [0.15, 0.2) is 42.5 Å². The van der Waals surface area contributed by atoms with Gasteiger partial charge in [-0.15, -0.1) is 11.3 Å². The predicted octanol–water partition coefficient (Wildman–Crippen LogP) is 4.40. The van der Waals surface area contributed by atoms with Gasteiger partial charge in [0.1, 0.15) is 11.6 Å². The van der Waals surface area contributed by atoms with E-state index in [4.69, 9.17) is 4.74 Å². The molecule has 1 amide bonds. The molecule has 1 N–H and O–H groups in total. The van der Waals surface area contributed by atoms with E-state index in [1.807, 2.05) is 18.2 Å². The summed E-state index contributed by atoms with van der Waals surface area (Å²) in [4.78, 5) is 15.1. The Labute approximate surface area is 153 Å². The average molecular weight is 374 g/mol. The van der Waals surface area contributed by atoms with Crippen molar-refractivity contribution >= 4 is 38.7 Å².